The summed E-state index contributed by atoms with van der Waals surface area (Å²) in [5.41, 5.74) is 0. The highest BCUT2D eigenvalue weighted by atomic mass is 32.3. The topological polar surface area (TPSA) is 9.23 Å². The van der Waals surface area contributed by atoms with Crippen LogP contribution in [0.4, 0.5) is 0 Å². The summed E-state index contributed by atoms with van der Waals surface area (Å²) in [4.78, 5) is 0.920. The molecule has 0 heterocycles. The molecule has 0 aliphatic carbocycles. The molecule has 1 atom stereocenters. The highest BCUT2D eigenvalue weighted by Crippen LogP contribution is 2.54. The van der Waals surface area contributed by atoms with E-state index in [0.29, 0.717) is 0 Å². The molecule has 0 aliphatic rings. The van der Waals surface area contributed by atoms with Gasteiger partial charge in [0.1, 0.15) is 4.93 Å². The Hall–Kier alpha value is 0.140. The number of rotatable bonds is 6. The van der Waals surface area contributed by atoms with Crippen LogP contribution in [0.3, 0.4) is 0 Å². The minimum atomic E-state index is -0.733. The van der Waals surface area contributed by atoms with Crippen LogP contribution in [-0.2, 0) is 4.18 Å². The zero-order chi connectivity index (χ0) is 12.1. The van der Waals surface area contributed by atoms with Crippen molar-refractivity contribution in [3.8, 4) is 0 Å². The van der Waals surface area contributed by atoms with Gasteiger partial charge in [-0.15, -0.1) is 0 Å². The van der Waals surface area contributed by atoms with Gasteiger partial charge in [-0.3, -0.25) is 4.18 Å². The average Bonchev–Trinajstić information content (AvgIpc) is 2.13. The Labute approximate surface area is 101 Å². The summed E-state index contributed by atoms with van der Waals surface area (Å²) in [6.45, 7) is 10.3. The third-order valence-electron chi connectivity index (χ3n) is 2.62. The smallest absolute Gasteiger partial charge is 0.110 e. The summed E-state index contributed by atoms with van der Waals surface area (Å²) in [6, 6.07) is 0. The first-order chi connectivity index (χ1) is 6.77. The molecule has 0 saturated carbocycles. The zero-order valence-corrected chi connectivity index (χ0v) is 12.4. The van der Waals surface area contributed by atoms with E-state index in [4.69, 9.17) is 4.18 Å². The quantitative estimate of drug-likeness (QED) is 0.503. The van der Waals surface area contributed by atoms with Gasteiger partial charge in [0.15, 0.2) is 0 Å². The van der Waals surface area contributed by atoms with Crippen LogP contribution in [0.2, 0.25) is 0 Å². The Morgan fingerprint density at radius 3 is 2.33 bits per heavy atom. The molecule has 0 aliphatic heterocycles. The zero-order valence-electron chi connectivity index (χ0n) is 10.8. The molecule has 0 radical (unpaired) electrons. The highest BCUT2D eigenvalue weighted by Gasteiger charge is 2.33. The second-order valence-corrected chi connectivity index (χ2v) is 9.85. The number of hydrogen-bond acceptors (Lipinski definition) is 2. The van der Waals surface area contributed by atoms with E-state index in [0.717, 1.165) is 11.3 Å². The van der Waals surface area contributed by atoms with E-state index in [1.807, 2.05) is 19.1 Å². The normalized spacial score (nSPS) is 17.7. The van der Waals surface area contributed by atoms with Gasteiger partial charge in [0.25, 0.3) is 0 Å². The van der Waals surface area contributed by atoms with E-state index in [1.165, 1.54) is 12.0 Å². The Balaban J connectivity index is 4.41. The first-order valence-electron chi connectivity index (χ1n) is 5.12. The SMILES string of the molecule is C=C(C=CC)SOC(C)(CC)S(C)(C)C. The Kier molecular flexibility index (Phi) is 6.08. The average molecular weight is 248 g/mol. The summed E-state index contributed by atoms with van der Waals surface area (Å²) in [5, 5.41) is 0. The second kappa shape index (κ2) is 6.02. The molecule has 0 bridgehead atoms. The van der Waals surface area contributed by atoms with E-state index in [1.54, 1.807) is 0 Å². The Morgan fingerprint density at radius 1 is 1.47 bits per heavy atom. The van der Waals surface area contributed by atoms with E-state index in [2.05, 4.69) is 39.2 Å². The van der Waals surface area contributed by atoms with Crippen LogP contribution in [0, 0.1) is 0 Å². The lowest BCUT2D eigenvalue weighted by Gasteiger charge is -2.44. The van der Waals surface area contributed by atoms with Crippen LogP contribution in [0.15, 0.2) is 23.6 Å². The molecule has 0 fully saturated rings. The van der Waals surface area contributed by atoms with Crippen molar-refractivity contribution >= 4 is 22.1 Å². The maximum atomic E-state index is 5.96. The van der Waals surface area contributed by atoms with Crippen molar-refractivity contribution < 1.29 is 4.18 Å². The van der Waals surface area contributed by atoms with E-state index < -0.39 is 10.0 Å². The van der Waals surface area contributed by atoms with Gasteiger partial charge in [-0.1, -0.05) is 25.7 Å². The van der Waals surface area contributed by atoms with Crippen molar-refractivity contribution in [2.45, 2.75) is 32.1 Å². The molecular formula is C12H24OS2. The first kappa shape index (κ1) is 15.1. The second-order valence-electron chi connectivity index (χ2n) is 4.46. The molecule has 3 heteroatoms. The summed E-state index contributed by atoms with van der Waals surface area (Å²) in [7, 11) is -0.733. The van der Waals surface area contributed by atoms with Crippen LogP contribution < -0.4 is 0 Å². The lowest BCUT2D eigenvalue weighted by atomic mass is 10.3. The summed E-state index contributed by atoms with van der Waals surface area (Å²) >= 11 is 1.40. The van der Waals surface area contributed by atoms with Gasteiger partial charge in [0.2, 0.25) is 0 Å². The van der Waals surface area contributed by atoms with Gasteiger partial charge in [-0.2, -0.15) is 0 Å². The molecule has 0 aromatic rings. The Bertz CT molecular complexity index is 240. The lowest BCUT2D eigenvalue weighted by Crippen LogP contribution is -2.30. The van der Waals surface area contributed by atoms with Crippen molar-refractivity contribution in [1.29, 1.82) is 0 Å². The van der Waals surface area contributed by atoms with Crippen molar-refractivity contribution in [2.75, 3.05) is 18.8 Å². The maximum Gasteiger partial charge on any atom is 0.110 e. The van der Waals surface area contributed by atoms with E-state index in [-0.39, 0.29) is 4.93 Å². The van der Waals surface area contributed by atoms with Gasteiger partial charge in [0, 0.05) is 16.9 Å². The van der Waals surface area contributed by atoms with Crippen molar-refractivity contribution in [3.63, 3.8) is 0 Å². The summed E-state index contributed by atoms with van der Waals surface area (Å²) < 4.78 is 5.96. The molecule has 0 amide bonds. The van der Waals surface area contributed by atoms with Gasteiger partial charge < -0.3 is 0 Å². The number of hydrogen-bond donors (Lipinski definition) is 0. The molecule has 0 aromatic carbocycles. The highest BCUT2D eigenvalue weighted by molar-refractivity contribution is 8.33. The first-order valence-corrected chi connectivity index (χ1v) is 8.72. The fourth-order valence-corrected chi connectivity index (χ4v) is 3.33. The standard InChI is InChI=1S/C12H24OS2/c1-8-10-11(3)14-13-12(4,9-2)15(5,6)7/h8,10H,3,9H2,1-2,4-7H3. The van der Waals surface area contributed by atoms with Crippen LogP contribution in [0.1, 0.15) is 27.2 Å². The third kappa shape index (κ3) is 4.66. The summed E-state index contributed by atoms with van der Waals surface area (Å²) in [5.74, 6) is 0. The maximum absolute atomic E-state index is 5.96. The molecule has 1 nitrogen and oxygen atoms in total. The molecule has 90 valence electrons. The van der Waals surface area contributed by atoms with Crippen LogP contribution in [0.5, 0.6) is 0 Å². The van der Waals surface area contributed by atoms with E-state index >= 15 is 0 Å². The van der Waals surface area contributed by atoms with Gasteiger partial charge in [0.05, 0.1) is 0 Å². The molecule has 0 spiro atoms. The van der Waals surface area contributed by atoms with E-state index in [9.17, 15) is 0 Å². The van der Waals surface area contributed by atoms with Gasteiger partial charge >= 0.3 is 0 Å². The van der Waals surface area contributed by atoms with Crippen molar-refractivity contribution in [1.82, 2.24) is 0 Å². The molecule has 0 rings (SSSR count). The van der Waals surface area contributed by atoms with Crippen molar-refractivity contribution in [3.05, 3.63) is 23.6 Å². The predicted octanol–water partition coefficient (Wildman–Crippen LogP) is 4.56. The molecule has 15 heavy (non-hydrogen) atoms. The third-order valence-corrected chi connectivity index (χ3v) is 6.48. The molecule has 0 saturated heterocycles. The monoisotopic (exact) mass is 248 g/mol. The lowest BCUT2D eigenvalue weighted by molar-refractivity contribution is 0.217. The fraction of sp³-hybridized carbons (Fsp3) is 0.667. The minimum absolute atomic E-state index is 0.0395. The molecule has 0 aromatic heterocycles. The van der Waals surface area contributed by atoms with Crippen molar-refractivity contribution in [2.24, 2.45) is 0 Å². The number of allylic oxidation sites excluding steroid dienone is 2. The van der Waals surface area contributed by atoms with Crippen LogP contribution in [-0.4, -0.2) is 23.7 Å². The molecular weight excluding hydrogens is 224 g/mol. The predicted molar refractivity (Wildman–Crippen MR) is 76.7 cm³/mol. The van der Waals surface area contributed by atoms with Gasteiger partial charge in [-0.25, -0.2) is 10.0 Å². The fourth-order valence-electron chi connectivity index (χ4n) is 0.949. The minimum Gasteiger partial charge on any atom is -0.295 e. The van der Waals surface area contributed by atoms with Gasteiger partial charge in [-0.05, 0) is 39.0 Å². The summed E-state index contributed by atoms with van der Waals surface area (Å²) in [6.07, 6.45) is 11.8. The largest absolute Gasteiger partial charge is 0.295 e. The van der Waals surface area contributed by atoms with Crippen LogP contribution >= 0.6 is 22.1 Å². The van der Waals surface area contributed by atoms with Crippen LogP contribution in [0.25, 0.3) is 0 Å². The Morgan fingerprint density at radius 2 is 2.00 bits per heavy atom. The molecule has 1 unspecified atom stereocenters. The molecule has 0 N–H and O–H groups in total.